The molecule has 5 nitrogen and oxygen atoms in total. The summed E-state index contributed by atoms with van der Waals surface area (Å²) < 4.78 is 10.0. The third-order valence-corrected chi connectivity index (χ3v) is 2.41. The normalized spacial score (nSPS) is 12.2. The molecule has 0 fully saturated rings. The standard InChI is InChI=1S/C14H16O5/c1-9-4-6-12(19-10(2)14(17)18-3)11(8-9)5-7-13(15)16/h4-8,10H,1-3H3,(H,15,16). The molecule has 0 radical (unpaired) electrons. The summed E-state index contributed by atoms with van der Waals surface area (Å²) in [7, 11) is 1.28. The Kier molecular flexibility index (Phi) is 5.11. The molecule has 1 aromatic carbocycles. The first-order valence-electron chi connectivity index (χ1n) is 5.70. The maximum atomic E-state index is 11.3. The fraction of sp³-hybridized carbons (Fsp3) is 0.286. The Morgan fingerprint density at radius 1 is 1.37 bits per heavy atom. The number of ether oxygens (including phenoxy) is 2. The van der Waals surface area contributed by atoms with E-state index in [4.69, 9.17) is 9.84 Å². The molecule has 102 valence electrons. The molecule has 1 atom stereocenters. The number of rotatable bonds is 5. The van der Waals surface area contributed by atoms with E-state index in [1.807, 2.05) is 13.0 Å². The topological polar surface area (TPSA) is 72.8 Å². The monoisotopic (exact) mass is 264 g/mol. The summed E-state index contributed by atoms with van der Waals surface area (Å²) >= 11 is 0. The van der Waals surface area contributed by atoms with E-state index < -0.39 is 18.0 Å². The van der Waals surface area contributed by atoms with Crippen LogP contribution in [0.3, 0.4) is 0 Å². The van der Waals surface area contributed by atoms with Crippen LogP contribution in [-0.2, 0) is 14.3 Å². The van der Waals surface area contributed by atoms with Gasteiger partial charge in [-0.2, -0.15) is 0 Å². The van der Waals surface area contributed by atoms with E-state index in [9.17, 15) is 9.59 Å². The fourth-order valence-corrected chi connectivity index (χ4v) is 1.47. The molecule has 0 heterocycles. The van der Waals surface area contributed by atoms with Crippen LogP contribution >= 0.6 is 0 Å². The lowest BCUT2D eigenvalue weighted by Gasteiger charge is -2.14. The molecular formula is C14H16O5. The minimum absolute atomic E-state index is 0.431. The van der Waals surface area contributed by atoms with Crippen LogP contribution in [-0.4, -0.2) is 30.3 Å². The summed E-state index contributed by atoms with van der Waals surface area (Å²) in [5.74, 6) is -1.11. The van der Waals surface area contributed by atoms with Crippen LogP contribution in [0.5, 0.6) is 5.75 Å². The Labute approximate surface area is 111 Å². The highest BCUT2D eigenvalue weighted by atomic mass is 16.6. The largest absolute Gasteiger partial charge is 0.478 e. The minimum atomic E-state index is -1.05. The fourth-order valence-electron chi connectivity index (χ4n) is 1.47. The number of carbonyl (C=O) groups excluding carboxylic acids is 1. The van der Waals surface area contributed by atoms with Gasteiger partial charge >= 0.3 is 11.9 Å². The lowest BCUT2D eigenvalue weighted by Crippen LogP contribution is -2.25. The van der Waals surface area contributed by atoms with Crippen LogP contribution in [0.4, 0.5) is 0 Å². The summed E-state index contributed by atoms with van der Waals surface area (Å²) in [5.41, 5.74) is 1.56. The zero-order valence-corrected chi connectivity index (χ0v) is 11.0. The second kappa shape index (κ2) is 6.58. The number of aryl methyl sites for hydroxylation is 1. The molecule has 0 aliphatic carbocycles. The van der Waals surface area contributed by atoms with Crippen molar-refractivity contribution in [3.8, 4) is 5.75 Å². The number of benzene rings is 1. The molecule has 1 aromatic rings. The van der Waals surface area contributed by atoms with Gasteiger partial charge in [-0.05, 0) is 32.1 Å². The average Bonchev–Trinajstić information content (AvgIpc) is 2.37. The molecule has 1 rings (SSSR count). The number of aliphatic carboxylic acids is 1. The summed E-state index contributed by atoms with van der Waals surface area (Å²) in [6, 6.07) is 5.28. The first kappa shape index (κ1) is 14.8. The van der Waals surface area contributed by atoms with Crippen molar-refractivity contribution in [1.82, 2.24) is 0 Å². The van der Waals surface area contributed by atoms with Gasteiger partial charge in [0.15, 0.2) is 6.10 Å². The number of carboxylic acids is 1. The first-order valence-corrected chi connectivity index (χ1v) is 5.70. The highest BCUT2D eigenvalue weighted by molar-refractivity contribution is 5.86. The third kappa shape index (κ3) is 4.46. The zero-order chi connectivity index (χ0) is 14.4. The predicted molar refractivity (Wildman–Crippen MR) is 70.0 cm³/mol. The van der Waals surface area contributed by atoms with Gasteiger partial charge < -0.3 is 14.6 Å². The van der Waals surface area contributed by atoms with Crippen molar-refractivity contribution >= 4 is 18.0 Å². The molecule has 0 aromatic heterocycles. The van der Waals surface area contributed by atoms with Crippen molar-refractivity contribution in [3.63, 3.8) is 0 Å². The van der Waals surface area contributed by atoms with E-state index >= 15 is 0 Å². The molecule has 1 unspecified atom stereocenters. The summed E-state index contributed by atoms with van der Waals surface area (Å²) in [6.45, 7) is 3.45. The van der Waals surface area contributed by atoms with Crippen LogP contribution in [0, 0.1) is 6.92 Å². The highest BCUT2D eigenvalue weighted by Gasteiger charge is 2.16. The van der Waals surface area contributed by atoms with Crippen molar-refractivity contribution in [1.29, 1.82) is 0 Å². The van der Waals surface area contributed by atoms with E-state index in [-0.39, 0.29) is 0 Å². The van der Waals surface area contributed by atoms with Crippen LogP contribution in [0.25, 0.3) is 6.08 Å². The van der Waals surface area contributed by atoms with E-state index in [0.29, 0.717) is 11.3 Å². The van der Waals surface area contributed by atoms with Crippen molar-refractivity contribution in [2.75, 3.05) is 7.11 Å². The Bertz CT molecular complexity index is 505. The molecule has 0 aliphatic rings. The number of esters is 1. The van der Waals surface area contributed by atoms with Crippen molar-refractivity contribution in [3.05, 3.63) is 35.4 Å². The van der Waals surface area contributed by atoms with Gasteiger partial charge in [0.1, 0.15) is 5.75 Å². The van der Waals surface area contributed by atoms with Gasteiger partial charge in [0.05, 0.1) is 7.11 Å². The van der Waals surface area contributed by atoms with Gasteiger partial charge in [0, 0.05) is 11.6 Å². The quantitative estimate of drug-likeness (QED) is 0.650. The van der Waals surface area contributed by atoms with Gasteiger partial charge in [-0.25, -0.2) is 9.59 Å². The molecule has 0 saturated heterocycles. The molecule has 0 bridgehead atoms. The second-order valence-electron chi connectivity index (χ2n) is 4.00. The van der Waals surface area contributed by atoms with Crippen LogP contribution < -0.4 is 4.74 Å². The van der Waals surface area contributed by atoms with Crippen molar-refractivity contribution in [2.24, 2.45) is 0 Å². The maximum absolute atomic E-state index is 11.3. The summed E-state index contributed by atoms with van der Waals surface area (Å²) in [6.07, 6.45) is 1.68. The smallest absolute Gasteiger partial charge is 0.346 e. The van der Waals surface area contributed by atoms with E-state index in [2.05, 4.69) is 4.74 Å². The molecular weight excluding hydrogens is 248 g/mol. The summed E-state index contributed by atoms with van der Waals surface area (Å²) in [4.78, 5) is 21.8. The van der Waals surface area contributed by atoms with Gasteiger partial charge in [-0.1, -0.05) is 11.6 Å². The van der Waals surface area contributed by atoms with Gasteiger partial charge in [-0.15, -0.1) is 0 Å². The zero-order valence-electron chi connectivity index (χ0n) is 11.0. The SMILES string of the molecule is COC(=O)C(C)Oc1ccc(C)cc1C=CC(=O)O. The van der Waals surface area contributed by atoms with Crippen LogP contribution in [0.1, 0.15) is 18.1 Å². The van der Waals surface area contributed by atoms with Gasteiger partial charge in [0.25, 0.3) is 0 Å². The predicted octanol–water partition coefficient (Wildman–Crippen LogP) is 2.03. The number of hydrogen-bond acceptors (Lipinski definition) is 4. The van der Waals surface area contributed by atoms with Gasteiger partial charge in [0.2, 0.25) is 0 Å². The molecule has 1 N–H and O–H groups in total. The summed E-state index contributed by atoms with van der Waals surface area (Å²) in [5, 5.41) is 8.64. The van der Waals surface area contributed by atoms with Crippen LogP contribution in [0.15, 0.2) is 24.3 Å². The van der Waals surface area contributed by atoms with E-state index in [0.717, 1.165) is 11.6 Å². The Morgan fingerprint density at radius 2 is 2.05 bits per heavy atom. The van der Waals surface area contributed by atoms with Crippen LogP contribution in [0.2, 0.25) is 0 Å². The first-order chi connectivity index (χ1) is 8.93. The molecule has 0 saturated carbocycles. The Balaban J connectivity index is 2.99. The molecule has 5 heteroatoms. The lowest BCUT2D eigenvalue weighted by atomic mass is 10.1. The number of carboxylic acid groups (broad SMARTS) is 1. The van der Waals surface area contributed by atoms with E-state index in [1.54, 1.807) is 19.1 Å². The van der Waals surface area contributed by atoms with Crippen molar-refractivity contribution in [2.45, 2.75) is 20.0 Å². The number of hydrogen-bond donors (Lipinski definition) is 1. The third-order valence-electron chi connectivity index (χ3n) is 2.41. The van der Waals surface area contributed by atoms with E-state index in [1.165, 1.54) is 13.2 Å². The minimum Gasteiger partial charge on any atom is -0.478 e. The second-order valence-corrected chi connectivity index (χ2v) is 4.00. The maximum Gasteiger partial charge on any atom is 0.346 e. The van der Waals surface area contributed by atoms with Crippen molar-refractivity contribution < 1.29 is 24.2 Å². The number of methoxy groups -OCH3 is 1. The molecule has 19 heavy (non-hydrogen) atoms. The van der Waals surface area contributed by atoms with Gasteiger partial charge in [-0.3, -0.25) is 0 Å². The Morgan fingerprint density at radius 3 is 2.63 bits per heavy atom. The molecule has 0 amide bonds. The number of carbonyl (C=O) groups is 2. The average molecular weight is 264 g/mol. The lowest BCUT2D eigenvalue weighted by molar-refractivity contribution is -0.147. The highest BCUT2D eigenvalue weighted by Crippen LogP contribution is 2.23. The molecule has 0 spiro atoms. The Hall–Kier alpha value is -2.30. The molecule has 0 aliphatic heterocycles.